The Morgan fingerprint density at radius 1 is 1.31 bits per heavy atom. The molecule has 0 atom stereocenters. The molecule has 0 spiro atoms. The summed E-state index contributed by atoms with van der Waals surface area (Å²) in [7, 11) is 0. The van der Waals surface area contributed by atoms with E-state index in [0.717, 1.165) is 5.75 Å². The summed E-state index contributed by atoms with van der Waals surface area (Å²) in [5, 5.41) is 8.54. The molecule has 4 nitrogen and oxygen atoms in total. The second-order valence-corrected chi connectivity index (χ2v) is 4.91. The highest BCUT2D eigenvalue weighted by atomic mass is 32.2. The van der Waals surface area contributed by atoms with Gasteiger partial charge in [0.05, 0.1) is 0 Å². The largest absolute Gasteiger partial charge is 0.481 e. The highest BCUT2D eigenvalue weighted by Gasteiger charge is 2.16. The van der Waals surface area contributed by atoms with E-state index in [1.54, 1.807) is 16.7 Å². The molecule has 94 valence electrons. The van der Waals surface area contributed by atoms with Gasteiger partial charge in [-0.2, -0.15) is 11.8 Å². The number of hydrogen-bond donors (Lipinski definition) is 1. The van der Waals surface area contributed by atoms with Crippen LogP contribution in [0.1, 0.15) is 33.1 Å². The first-order valence-electron chi connectivity index (χ1n) is 5.49. The van der Waals surface area contributed by atoms with Crippen molar-refractivity contribution in [2.45, 2.75) is 39.2 Å². The van der Waals surface area contributed by atoms with E-state index in [1.807, 2.05) is 20.1 Å². The zero-order chi connectivity index (χ0) is 12.6. The Morgan fingerprint density at radius 2 is 1.94 bits per heavy atom. The van der Waals surface area contributed by atoms with Gasteiger partial charge in [0.1, 0.15) is 0 Å². The third-order valence-corrected chi connectivity index (χ3v) is 2.87. The van der Waals surface area contributed by atoms with Gasteiger partial charge in [0, 0.05) is 31.2 Å². The molecule has 0 aromatic rings. The van der Waals surface area contributed by atoms with Crippen molar-refractivity contribution < 1.29 is 14.7 Å². The number of carboxylic acids is 1. The number of aliphatic carboxylic acids is 1. The van der Waals surface area contributed by atoms with Crippen LogP contribution in [0.4, 0.5) is 0 Å². The number of carbonyl (C=O) groups excluding carboxylic acids is 1. The summed E-state index contributed by atoms with van der Waals surface area (Å²) < 4.78 is 0. The molecule has 0 aliphatic heterocycles. The van der Waals surface area contributed by atoms with Gasteiger partial charge in [0.2, 0.25) is 5.91 Å². The van der Waals surface area contributed by atoms with Crippen LogP contribution >= 0.6 is 11.8 Å². The van der Waals surface area contributed by atoms with Gasteiger partial charge in [-0.05, 0) is 26.5 Å². The molecular formula is C11H21NO3S. The third-order valence-electron chi connectivity index (χ3n) is 2.25. The van der Waals surface area contributed by atoms with Gasteiger partial charge in [-0.15, -0.1) is 0 Å². The maximum atomic E-state index is 11.8. The van der Waals surface area contributed by atoms with Crippen molar-refractivity contribution in [3.63, 3.8) is 0 Å². The monoisotopic (exact) mass is 247 g/mol. The molecule has 1 N–H and O–H groups in total. The number of amides is 1. The number of thioether (sulfide) groups is 1. The highest BCUT2D eigenvalue weighted by molar-refractivity contribution is 7.98. The Kier molecular flexibility index (Phi) is 8.07. The van der Waals surface area contributed by atoms with Crippen LogP contribution in [0.5, 0.6) is 0 Å². The maximum absolute atomic E-state index is 11.8. The van der Waals surface area contributed by atoms with Gasteiger partial charge >= 0.3 is 5.97 Å². The smallest absolute Gasteiger partial charge is 0.303 e. The van der Waals surface area contributed by atoms with E-state index in [9.17, 15) is 9.59 Å². The van der Waals surface area contributed by atoms with Gasteiger partial charge < -0.3 is 10.0 Å². The summed E-state index contributed by atoms with van der Waals surface area (Å²) in [4.78, 5) is 23.9. The predicted octanol–water partition coefficient (Wildman–Crippen LogP) is 1.84. The molecule has 0 aromatic heterocycles. The zero-order valence-corrected chi connectivity index (χ0v) is 11.0. The molecular weight excluding hydrogens is 226 g/mol. The average Bonchev–Trinajstić information content (AvgIpc) is 2.20. The average molecular weight is 247 g/mol. The van der Waals surface area contributed by atoms with Crippen molar-refractivity contribution >= 4 is 23.6 Å². The number of hydrogen-bond acceptors (Lipinski definition) is 3. The first-order valence-corrected chi connectivity index (χ1v) is 6.88. The molecule has 0 saturated heterocycles. The van der Waals surface area contributed by atoms with E-state index in [4.69, 9.17) is 5.11 Å². The van der Waals surface area contributed by atoms with Gasteiger partial charge in [-0.1, -0.05) is 0 Å². The molecule has 0 heterocycles. The Labute approximate surface area is 101 Å². The standard InChI is InChI=1S/C11H21NO3S/c1-9(2)12(7-4-5-11(14)15)10(13)6-8-16-3/h9H,4-8H2,1-3H3,(H,14,15). The first kappa shape index (κ1) is 15.3. The zero-order valence-electron chi connectivity index (χ0n) is 10.2. The van der Waals surface area contributed by atoms with Crippen LogP contribution in [-0.2, 0) is 9.59 Å². The van der Waals surface area contributed by atoms with Crippen molar-refractivity contribution in [1.82, 2.24) is 4.90 Å². The minimum atomic E-state index is -0.805. The van der Waals surface area contributed by atoms with Gasteiger partial charge in [0.25, 0.3) is 0 Å². The van der Waals surface area contributed by atoms with Crippen LogP contribution in [-0.4, -0.2) is 46.5 Å². The van der Waals surface area contributed by atoms with E-state index in [0.29, 0.717) is 19.4 Å². The van der Waals surface area contributed by atoms with Gasteiger partial charge in [-0.25, -0.2) is 0 Å². The topological polar surface area (TPSA) is 57.6 Å². The summed E-state index contributed by atoms with van der Waals surface area (Å²) in [6.07, 6.45) is 3.15. The minimum Gasteiger partial charge on any atom is -0.481 e. The first-order chi connectivity index (χ1) is 7.49. The van der Waals surface area contributed by atoms with Crippen LogP contribution in [0.15, 0.2) is 0 Å². The quantitative estimate of drug-likeness (QED) is 0.711. The fourth-order valence-electron chi connectivity index (χ4n) is 1.40. The highest BCUT2D eigenvalue weighted by Crippen LogP contribution is 2.07. The van der Waals surface area contributed by atoms with Crippen LogP contribution in [0.25, 0.3) is 0 Å². The van der Waals surface area contributed by atoms with Crippen LogP contribution in [0.2, 0.25) is 0 Å². The lowest BCUT2D eigenvalue weighted by atomic mass is 10.2. The summed E-state index contributed by atoms with van der Waals surface area (Å²) in [5.41, 5.74) is 0. The Morgan fingerprint density at radius 3 is 2.38 bits per heavy atom. The summed E-state index contributed by atoms with van der Waals surface area (Å²) >= 11 is 1.65. The van der Waals surface area contributed by atoms with Crippen LogP contribution in [0.3, 0.4) is 0 Å². The lowest BCUT2D eigenvalue weighted by molar-refractivity contribution is -0.138. The molecule has 0 unspecified atom stereocenters. The van der Waals surface area contributed by atoms with Crippen molar-refractivity contribution in [3.05, 3.63) is 0 Å². The van der Waals surface area contributed by atoms with E-state index in [2.05, 4.69) is 0 Å². The molecule has 0 aliphatic rings. The SMILES string of the molecule is CSCCC(=O)N(CCCC(=O)O)C(C)C. The number of nitrogens with zero attached hydrogens (tertiary/aromatic N) is 1. The lowest BCUT2D eigenvalue weighted by Gasteiger charge is -2.26. The Hall–Kier alpha value is -0.710. The fraction of sp³-hybridized carbons (Fsp3) is 0.818. The second kappa shape index (κ2) is 8.44. The molecule has 0 bridgehead atoms. The predicted molar refractivity (Wildman–Crippen MR) is 66.7 cm³/mol. The fourth-order valence-corrected chi connectivity index (χ4v) is 1.78. The van der Waals surface area contributed by atoms with E-state index >= 15 is 0 Å². The molecule has 0 saturated carbocycles. The van der Waals surface area contributed by atoms with Crippen molar-refractivity contribution in [1.29, 1.82) is 0 Å². The number of carboxylic acid groups (broad SMARTS) is 1. The van der Waals surface area contributed by atoms with E-state index in [-0.39, 0.29) is 18.4 Å². The lowest BCUT2D eigenvalue weighted by Crippen LogP contribution is -2.38. The van der Waals surface area contributed by atoms with Crippen molar-refractivity contribution in [3.8, 4) is 0 Å². The second-order valence-electron chi connectivity index (χ2n) is 3.92. The van der Waals surface area contributed by atoms with Gasteiger partial charge in [-0.3, -0.25) is 9.59 Å². The molecule has 5 heteroatoms. The van der Waals surface area contributed by atoms with Crippen molar-refractivity contribution in [2.24, 2.45) is 0 Å². The molecule has 0 aromatic carbocycles. The third kappa shape index (κ3) is 6.71. The maximum Gasteiger partial charge on any atom is 0.303 e. The normalized spacial score (nSPS) is 10.5. The molecule has 0 rings (SSSR count). The van der Waals surface area contributed by atoms with E-state index in [1.165, 1.54) is 0 Å². The number of carbonyl (C=O) groups is 2. The van der Waals surface area contributed by atoms with Gasteiger partial charge in [0.15, 0.2) is 0 Å². The molecule has 1 amide bonds. The van der Waals surface area contributed by atoms with Crippen LogP contribution < -0.4 is 0 Å². The Balaban J connectivity index is 4.05. The van der Waals surface area contributed by atoms with Crippen LogP contribution in [0, 0.1) is 0 Å². The minimum absolute atomic E-state index is 0.120. The Bertz CT molecular complexity index is 231. The molecule has 0 fully saturated rings. The molecule has 16 heavy (non-hydrogen) atoms. The molecule has 0 radical (unpaired) electrons. The summed E-state index contributed by atoms with van der Waals surface area (Å²) in [5.74, 6) is 0.135. The van der Waals surface area contributed by atoms with Crippen molar-refractivity contribution in [2.75, 3.05) is 18.6 Å². The summed E-state index contributed by atoms with van der Waals surface area (Å²) in [6, 6.07) is 0.142. The number of rotatable bonds is 8. The molecule has 0 aliphatic carbocycles. The van der Waals surface area contributed by atoms with E-state index < -0.39 is 5.97 Å². The summed E-state index contributed by atoms with van der Waals surface area (Å²) in [6.45, 7) is 4.45.